The third-order valence-electron chi connectivity index (χ3n) is 15.6. The van der Waals surface area contributed by atoms with Crippen LogP contribution in [0, 0.1) is 0 Å². The van der Waals surface area contributed by atoms with Crippen LogP contribution in [0.15, 0.2) is 72.8 Å². The van der Waals surface area contributed by atoms with Crippen LogP contribution in [0.5, 0.6) is 23.0 Å². The Morgan fingerprint density at radius 3 is 1.03 bits per heavy atom. The molecule has 13 rings (SSSR count). The molecule has 0 unspecified atom stereocenters. The van der Waals surface area contributed by atoms with Crippen molar-refractivity contribution in [1.82, 2.24) is 59.5 Å². The Kier molecular flexibility index (Phi) is 11.7. The van der Waals surface area contributed by atoms with Gasteiger partial charge < -0.3 is 48.5 Å². The Bertz CT molecular complexity index is 3360. The molecule has 4 aromatic carbocycles. The van der Waals surface area contributed by atoms with E-state index in [1.807, 2.05) is 24.3 Å². The summed E-state index contributed by atoms with van der Waals surface area (Å²) in [5, 5.41) is 3.54. The van der Waals surface area contributed by atoms with Crippen LogP contribution in [0.2, 0.25) is 0 Å². The van der Waals surface area contributed by atoms with Crippen molar-refractivity contribution in [3.8, 4) is 68.5 Å². The highest BCUT2D eigenvalue weighted by Crippen LogP contribution is 2.42. The highest BCUT2D eigenvalue weighted by molar-refractivity contribution is 6.08. The van der Waals surface area contributed by atoms with Gasteiger partial charge in [0.2, 0.25) is 0 Å². The van der Waals surface area contributed by atoms with Gasteiger partial charge in [-0.25, -0.2) is 29.9 Å². The second-order valence-electron chi connectivity index (χ2n) is 20.9. The number of H-pyrrole nitrogens is 2. The van der Waals surface area contributed by atoms with Crippen LogP contribution in [-0.2, 0) is 0 Å². The van der Waals surface area contributed by atoms with E-state index in [-0.39, 0.29) is 24.4 Å². The Hall–Kier alpha value is -6.72. The number of piperidine rings is 4. The molecule has 4 saturated heterocycles. The topological polar surface area (TPSA) is 159 Å². The lowest BCUT2D eigenvalue weighted by atomic mass is 10.1. The molecule has 6 aliphatic heterocycles. The number of hydrogen-bond acceptors (Lipinski definition) is 14. The van der Waals surface area contributed by atoms with Gasteiger partial charge in [-0.3, -0.25) is 0 Å². The third-order valence-corrected chi connectivity index (χ3v) is 15.6. The summed E-state index contributed by atoms with van der Waals surface area (Å²) in [7, 11) is 8.67. The molecule has 3 aromatic heterocycles. The molecule has 6 aliphatic rings. The molecule has 8 bridgehead atoms. The monoisotopic (exact) mass is 967 g/mol. The van der Waals surface area contributed by atoms with Gasteiger partial charge in [0.1, 0.15) is 70.0 Å². The summed E-state index contributed by atoms with van der Waals surface area (Å²) in [4.78, 5) is 48.7. The molecule has 370 valence electrons. The molecule has 0 amide bonds. The van der Waals surface area contributed by atoms with E-state index in [1.165, 1.54) is 0 Å². The second-order valence-corrected chi connectivity index (χ2v) is 20.9. The lowest BCUT2D eigenvalue weighted by Gasteiger charge is -2.29. The van der Waals surface area contributed by atoms with Crippen molar-refractivity contribution in [2.24, 2.45) is 0 Å². The van der Waals surface area contributed by atoms with Crippen LogP contribution >= 0.6 is 0 Å². The second kappa shape index (κ2) is 18.7. The SMILES string of the molecule is CN1CCC(Oc2ccc3c(c2)-c2nc4nc(nc5[nH]c(nc6[nH]c(nc-3n2)c2cc(OC3CCN(C)CC3)ccc62)c2cc(OC3CCN(C)CC3)ccc52)-c2cc(OC3CCN(C)CC3)ccc2-4)CC1. The number of nitrogens with zero attached hydrogens (tertiary/aromatic N) is 10. The van der Waals surface area contributed by atoms with Crippen LogP contribution in [0.3, 0.4) is 0 Å². The number of aromatic nitrogens is 8. The maximum atomic E-state index is 6.68. The van der Waals surface area contributed by atoms with Gasteiger partial charge in [0, 0.05) is 96.2 Å². The predicted octanol–water partition coefficient (Wildman–Crippen LogP) is 8.76. The highest BCUT2D eigenvalue weighted by Gasteiger charge is 2.28. The molecule has 0 aliphatic carbocycles. The van der Waals surface area contributed by atoms with Crippen LogP contribution in [-0.4, -0.2) is 164 Å². The smallest absolute Gasteiger partial charge is 0.164 e. The van der Waals surface area contributed by atoms with Crippen LogP contribution in [0.25, 0.3) is 89.7 Å². The fraction of sp³-hybridized carbons (Fsp3) is 0.429. The number of benzene rings is 4. The Labute approximate surface area is 418 Å². The maximum absolute atomic E-state index is 6.68. The molecule has 9 heterocycles. The molecule has 2 N–H and O–H groups in total. The molecular formula is C56H62N12O4. The van der Waals surface area contributed by atoms with Gasteiger partial charge in [-0.15, -0.1) is 0 Å². The first-order valence-corrected chi connectivity index (χ1v) is 26.0. The van der Waals surface area contributed by atoms with E-state index in [1.54, 1.807) is 0 Å². The number of hydrogen-bond donors (Lipinski definition) is 2. The standard InChI is InChI=1S/C56H62N12O4/c1-65-21-13-33(14-22-65)69-37-5-9-41-45(29-37)53-57-49(41)62-54-47-31-39(71-35-17-25-67(3)26-18-35)7-11-43(47)51(59-54)64-56-48-32-40(72-36-19-27-68(4)28-20-36)8-12-44(48)52(60-56)63-55-46-30-38(6-10-42(46)50(58-55)61-53)70-34-15-23-66(2)24-16-34/h5-12,29-36H,13-28H2,1-4H3,(H2,57,58,59,60,61,62,63,64). The van der Waals surface area contributed by atoms with E-state index in [4.69, 9.17) is 48.9 Å². The first kappa shape index (κ1) is 45.2. The van der Waals surface area contributed by atoms with E-state index < -0.39 is 0 Å². The van der Waals surface area contributed by atoms with E-state index in [2.05, 4.69) is 106 Å². The fourth-order valence-electron chi connectivity index (χ4n) is 11.2. The van der Waals surface area contributed by atoms with Crippen molar-refractivity contribution >= 4 is 44.1 Å². The van der Waals surface area contributed by atoms with Crippen molar-refractivity contribution in [3.05, 3.63) is 72.8 Å². The van der Waals surface area contributed by atoms with Crippen molar-refractivity contribution in [1.29, 1.82) is 0 Å². The summed E-state index contributed by atoms with van der Waals surface area (Å²) >= 11 is 0. The zero-order valence-electron chi connectivity index (χ0n) is 41.7. The van der Waals surface area contributed by atoms with Gasteiger partial charge in [-0.05, 0) is 152 Å². The van der Waals surface area contributed by atoms with Crippen LogP contribution in [0.1, 0.15) is 51.4 Å². The third kappa shape index (κ3) is 8.99. The number of fused-ring (bicyclic) bond motifs is 20. The summed E-state index contributed by atoms with van der Waals surface area (Å²) in [5.41, 5.74) is 5.86. The van der Waals surface area contributed by atoms with Crippen molar-refractivity contribution < 1.29 is 18.9 Å². The van der Waals surface area contributed by atoms with Gasteiger partial charge in [0.25, 0.3) is 0 Å². The molecular weight excluding hydrogens is 905 g/mol. The maximum Gasteiger partial charge on any atom is 0.164 e. The average molecular weight is 967 g/mol. The Balaban J connectivity index is 1.02. The highest BCUT2D eigenvalue weighted by atomic mass is 16.5. The summed E-state index contributed by atoms with van der Waals surface area (Å²) in [5.74, 6) is 5.20. The molecule has 0 radical (unpaired) electrons. The Morgan fingerprint density at radius 2 is 0.625 bits per heavy atom. The molecule has 7 aromatic rings. The van der Waals surface area contributed by atoms with Gasteiger partial charge in [-0.2, -0.15) is 0 Å². The fourth-order valence-corrected chi connectivity index (χ4v) is 11.2. The average Bonchev–Trinajstić information content (AvgIpc) is 4.12. The molecule has 72 heavy (non-hydrogen) atoms. The van der Waals surface area contributed by atoms with Crippen LogP contribution in [0.4, 0.5) is 0 Å². The zero-order valence-corrected chi connectivity index (χ0v) is 41.7. The van der Waals surface area contributed by atoms with Gasteiger partial charge in [0.05, 0.1) is 0 Å². The summed E-state index contributed by atoms with van der Waals surface area (Å²) in [6, 6.07) is 24.8. The molecule has 0 spiro atoms. The summed E-state index contributed by atoms with van der Waals surface area (Å²) in [6.45, 7) is 8.01. The molecule has 16 heteroatoms. The minimum absolute atomic E-state index is 0.123. The minimum Gasteiger partial charge on any atom is -0.490 e. The van der Waals surface area contributed by atoms with Crippen molar-refractivity contribution in [3.63, 3.8) is 0 Å². The summed E-state index contributed by atoms with van der Waals surface area (Å²) < 4.78 is 26.7. The van der Waals surface area contributed by atoms with E-state index >= 15 is 0 Å². The first-order chi connectivity index (χ1) is 35.2. The predicted molar refractivity (Wildman–Crippen MR) is 281 cm³/mol. The largest absolute Gasteiger partial charge is 0.490 e. The van der Waals surface area contributed by atoms with Crippen molar-refractivity contribution in [2.75, 3.05) is 80.5 Å². The number of rotatable bonds is 8. The molecule has 16 nitrogen and oxygen atoms in total. The van der Waals surface area contributed by atoms with E-state index in [0.29, 0.717) is 45.9 Å². The Morgan fingerprint density at radius 1 is 0.333 bits per heavy atom. The zero-order chi connectivity index (χ0) is 48.5. The van der Waals surface area contributed by atoms with E-state index in [9.17, 15) is 0 Å². The minimum atomic E-state index is 0.123. The normalized spacial score (nSPS) is 19.2. The van der Waals surface area contributed by atoms with Gasteiger partial charge >= 0.3 is 0 Å². The summed E-state index contributed by atoms with van der Waals surface area (Å²) in [6.07, 6.45) is 8.25. The van der Waals surface area contributed by atoms with Crippen LogP contribution < -0.4 is 18.9 Å². The lowest BCUT2D eigenvalue weighted by Crippen LogP contribution is -2.35. The number of nitrogens with one attached hydrogen (secondary N) is 2. The molecule has 4 fully saturated rings. The van der Waals surface area contributed by atoms with Crippen molar-refractivity contribution in [2.45, 2.75) is 75.8 Å². The molecule has 0 saturated carbocycles. The van der Waals surface area contributed by atoms with Gasteiger partial charge in [0.15, 0.2) is 23.3 Å². The number of likely N-dealkylation sites (tertiary alicyclic amines) is 4. The van der Waals surface area contributed by atoms with Gasteiger partial charge in [-0.1, -0.05) is 0 Å². The van der Waals surface area contributed by atoms with E-state index in [0.717, 1.165) is 171 Å². The number of aromatic amines is 2. The molecule has 0 atom stereocenters. The lowest BCUT2D eigenvalue weighted by molar-refractivity contribution is 0.114. The first-order valence-electron chi connectivity index (χ1n) is 26.0. The number of ether oxygens (including phenoxy) is 4. The quantitative estimate of drug-likeness (QED) is 0.149.